The quantitative estimate of drug-likeness (QED) is 0.339. The Bertz CT molecular complexity index is 1510. The summed E-state index contributed by atoms with van der Waals surface area (Å²) in [6, 6.07) is 4.80. The Kier molecular flexibility index (Phi) is 6.59. The molecule has 3 aromatic heterocycles. The number of fused-ring (bicyclic) bond motifs is 1. The van der Waals surface area contributed by atoms with E-state index in [2.05, 4.69) is 19.4 Å². The number of aromatic nitrogens is 2. The number of hydrogen-bond acceptors (Lipinski definition) is 8. The predicted molar refractivity (Wildman–Crippen MR) is 128 cm³/mol. The number of aryl methyl sites for hydroxylation is 1. The number of thiazole rings is 1. The number of hydrogen-bond donors (Lipinski definition) is 2. The van der Waals surface area contributed by atoms with Gasteiger partial charge in [0.2, 0.25) is 0 Å². The molecule has 13 heteroatoms. The van der Waals surface area contributed by atoms with Gasteiger partial charge in [-0.15, -0.1) is 0 Å². The molecular formula is C20H16Cl2N4O5S2. The van der Waals surface area contributed by atoms with Gasteiger partial charge in [0.1, 0.15) is 5.58 Å². The maximum atomic E-state index is 12.8. The fraction of sp³-hybridized carbons (Fsp3) is 0.150. The van der Waals surface area contributed by atoms with E-state index < -0.39 is 15.8 Å². The molecule has 0 atom stereocenters. The van der Waals surface area contributed by atoms with Crippen LogP contribution in [0.3, 0.4) is 0 Å². The van der Waals surface area contributed by atoms with Crippen LogP contribution >= 0.6 is 34.5 Å². The van der Waals surface area contributed by atoms with Gasteiger partial charge in [0.15, 0.2) is 11.6 Å². The van der Waals surface area contributed by atoms with E-state index in [4.69, 9.17) is 32.4 Å². The van der Waals surface area contributed by atoms with E-state index in [-0.39, 0.29) is 17.3 Å². The van der Waals surface area contributed by atoms with E-state index in [1.807, 2.05) is 0 Å². The van der Waals surface area contributed by atoms with Crippen molar-refractivity contribution in [1.82, 2.24) is 14.7 Å². The SMILES string of the molecule is CNS(=O)(=O)Nc1nccc(Cc2c(C)c3cc(Cl)c(Oc4nccs4)cc3oc2=O)c1Cl. The van der Waals surface area contributed by atoms with E-state index in [9.17, 15) is 13.2 Å². The zero-order valence-electron chi connectivity index (χ0n) is 17.2. The number of pyridine rings is 1. The van der Waals surface area contributed by atoms with Crippen molar-refractivity contribution in [3.8, 4) is 10.9 Å². The molecule has 0 radical (unpaired) electrons. The van der Waals surface area contributed by atoms with Gasteiger partial charge in [-0.25, -0.2) is 19.5 Å². The summed E-state index contributed by atoms with van der Waals surface area (Å²) in [6.45, 7) is 1.77. The fourth-order valence-electron chi connectivity index (χ4n) is 3.09. The summed E-state index contributed by atoms with van der Waals surface area (Å²) < 4.78 is 39.1. The molecule has 0 aliphatic rings. The summed E-state index contributed by atoms with van der Waals surface area (Å²) in [5.41, 5.74) is 1.23. The molecule has 0 bridgehead atoms. The largest absolute Gasteiger partial charge is 0.429 e. The first-order chi connectivity index (χ1) is 15.7. The predicted octanol–water partition coefficient (Wildman–Crippen LogP) is 4.52. The van der Waals surface area contributed by atoms with Crippen molar-refractivity contribution in [3.63, 3.8) is 0 Å². The number of ether oxygens (including phenoxy) is 1. The molecule has 4 aromatic rings. The van der Waals surface area contributed by atoms with Crippen molar-refractivity contribution in [3.05, 3.63) is 73.1 Å². The van der Waals surface area contributed by atoms with Crippen LogP contribution in [0.15, 0.2) is 45.2 Å². The second-order valence-electron chi connectivity index (χ2n) is 6.79. The number of halogens is 2. The molecule has 0 spiro atoms. The smallest absolute Gasteiger partial charge is 0.340 e. The number of anilines is 1. The van der Waals surface area contributed by atoms with E-state index in [0.29, 0.717) is 43.6 Å². The minimum Gasteiger partial charge on any atom is -0.429 e. The van der Waals surface area contributed by atoms with Crippen LogP contribution in [0.5, 0.6) is 10.9 Å². The Morgan fingerprint density at radius 2 is 2.00 bits per heavy atom. The Hall–Kier alpha value is -2.70. The van der Waals surface area contributed by atoms with Gasteiger partial charge in [-0.05, 0) is 30.2 Å². The molecule has 1 aromatic carbocycles. The van der Waals surface area contributed by atoms with Crippen LogP contribution in [0.4, 0.5) is 5.82 Å². The normalized spacial score (nSPS) is 11.6. The fourth-order valence-corrected chi connectivity index (χ4v) is 4.58. The van der Waals surface area contributed by atoms with Crippen molar-refractivity contribution in [2.75, 3.05) is 11.8 Å². The summed E-state index contributed by atoms with van der Waals surface area (Å²) in [5.74, 6) is 0.256. The number of rotatable bonds is 7. The molecular weight excluding hydrogens is 511 g/mol. The number of nitrogens with zero attached hydrogens (tertiary/aromatic N) is 2. The van der Waals surface area contributed by atoms with Crippen molar-refractivity contribution in [2.45, 2.75) is 13.3 Å². The molecule has 0 aliphatic carbocycles. The standard InChI is InChI=1S/C20H16Cl2N4O5S2/c1-10-12-8-14(21)16(31-20-25-5-6-32-20)9-15(12)30-19(27)13(10)7-11-3-4-24-18(17(11)22)26-33(28,29)23-2/h3-6,8-9,23H,7H2,1-2H3,(H,24,26). The van der Waals surface area contributed by atoms with Crippen LogP contribution < -0.4 is 19.8 Å². The Morgan fingerprint density at radius 1 is 1.21 bits per heavy atom. The van der Waals surface area contributed by atoms with Gasteiger partial charge in [0.05, 0.1) is 10.0 Å². The third-order valence-electron chi connectivity index (χ3n) is 4.78. The lowest BCUT2D eigenvalue weighted by Gasteiger charge is -2.13. The number of nitrogens with one attached hydrogen (secondary N) is 2. The third-order valence-corrected chi connectivity index (χ3v) is 7.15. The van der Waals surface area contributed by atoms with Crippen LogP contribution in [0.2, 0.25) is 10.0 Å². The Balaban J connectivity index is 1.73. The average Bonchev–Trinajstić information content (AvgIpc) is 3.28. The van der Waals surface area contributed by atoms with Crippen LogP contribution in [-0.4, -0.2) is 25.4 Å². The Labute approximate surface area is 202 Å². The van der Waals surface area contributed by atoms with Gasteiger partial charge >= 0.3 is 5.63 Å². The Morgan fingerprint density at radius 3 is 2.70 bits per heavy atom. The van der Waals surface area contributed by atoms with E-state index in [1.54, 1.807) is 36.7 Å². The molecule has 0 fully saturated rings. The molecule has 0 saturated carbocycles. The second-order valence-corrected chi connectivity index (χ2v) is 10.1. The summed E-state index contributed by atoms with van der Waals surface area (Å²) >= 11 is 14.1. The highest BCUT2D eigenvalue weighted by Gasteiger charge is 2.19. The van der Waals surface area contributed by atoms with Gasteiger partial charge in [-0.1, -0.05) is 34.5 Å². The van der Waals surface area contributed by atoms with Crippen LogP contribution in [0.25, 0.3) is 11.0 Å². The first-order valence-corrected chi connectivity index (χ1v) is 12.5. The van der Waals surface area contributed by atoms with Crippen molar-refractivity contribution in [1.29, 1.82) is 0 Å². The zero-order valence-corrected chi connectivity index (χ0v) is 20.3. The summed E-state index contributed by atoms with van der Waals surface area (Å²) in [4.78, 5) is 20.8. The molecule has 33 heavy (non-hydrogen) atoms. The highest BCUT2D eigenvalue weighted by atomic mass is 35.5. The molecule has 172 valence electrons. The maximum absolute atomic E-state index is 12.8. The first kappa shape index (κ1) is 23.5. The third kappa shape index (κ3) is 4.97. The maximum Gasteiger partial charge on any atom is 0.340 e. The van der Waals surface area contributed by atoms with E-state index >= 15 is 0 Å². The van der Waals surface area contributed by atoms with Crippen molar-refractivity contribution >= 4 is 61.5 Å². The van der Waals surface area contributed by atoms with E-state index in [1.165, 1.54) is 24.6 Å². The van der Waals surface area contributed by atoms with Gasteiger partial charge < -0.3 is 9.15 Å². The second kappa shape index (κ2) is 9.27. The molecule has 2 N–H and O–H groups in total. The van der Waals surface area contributed by atoms with Crippen molar-refractivity contribution in [2.24, 2.45) is 0 Å². The summed E-state index contributed by atoms with van der Waals surface area (Å²) in [7, 11) is -2.56. The molecule has 0 unspecified atom stereocenters. The van der Waals surface area contributed by atoms with Crippen LogP contribution in [0.1, 0.15) is 16.7 Å². The monoisotopic (exact) mass is 526 g/mol. The van der Waals surface area contributed by atoms with Gasteiger partial charge in [0, 0.05) is 48.3 Å². The molecule has 4 rings (SSSR count). The zero-order chi connectivity index (χ0) is 23.8. The van der Waals surface area contributed by atoms with Gasteiger partial charge in [-0.3, -0.25) is 4.72 Å². The molecule has 9 nitrogen and oxygen atoms in total. The van der Waals surface area contributed by atoms with Crippen molar-refractivity contribution < 1.29 is 17.6 Å². The topological polar surface area (TPSA) is 123 Å². The highest BCUT2D eigenvalue weighted by Crippen LogP contribution is 2.36. The highest BCUT2D eigenvalue weighted by molar-refractivity contribution is 7.90. The minimum absolute atomic E-state index is 0.0571. The van der Waals surface area contributed by atoms with E-state index in [0.717, 1.165) is 0 Å². The lowest BCUT2D eigenvalue weighted by Crippen LogP contribution is -2.27. The minimum atomic E-state index is -3.82. The van der Waals surface area contributed by atoms with Gasteiger partial charge in [-0.2, -0.15) is 8.42 Å². The molecule has 0 aliphatic heterocycles. The lowest BCUT2D eigenvalue weighted by molar-refractivity contribution is 0.476. The lowest BCUT2D eigenvalue weighted by atomic mass is 10.00. The molecule has 3 heterocycles. The number of benzene rings is 1. The molecule has 0 saturated heterocycles. The van der Waals surface area contributed by atoms with Gasteiger partial charge in [0.25, 0.3) is 15.4 Å². The van der Waals surface area contributed by atoms with Crippen LogP contribution in [-0.2, 0) is 16.6 Å². The van der Waals surface area contributed by atoms with Crippen LogP contribution in [0, 0.1) is 6.92 Å². The summed E-state index contributed by atoms with van der Waals surface area (Å²) in [5, 5.41) is 3.19. The molecule has 0 amide bonds. The summed E-state index contributed by atoms with van der Waals surface area (Å²) in [6.07, 6.45) is 3.09. The average molecular weight is 527 g/mol. The first-order valence-electron chi connectivity index (χ1n) is 9.36.